The van der Waals surface area contributed by atoms with E-state index in [0.29, 0.717) is 58.3 Å². The van der Waals surface area contributed by atoms with Crippen LogP contribution in [0.15, 0.2) is 67.4 Å². The lowest BCUT2D eigenvalue weighted by atomic mass is 9.90. The van der Waals surface area contributed by atoms with Gasteiger partial charge in [0, 0.05) is 30.4 Å². The molecule has 0 saturated heterocycles. The van der Waals surface area contributed by atoms with E-state index in [-0.39, 0.29) is 35.7 Å². The Kier molecular flexibility index (Phi) is 9.31. The van der Waals surface area contributed by atoms with Gasteiger partial charge in [-0.05, 0) is 56.9 Å². The van der Waals surface area contributed by atoms with E-state index in [1.165, 1.54) is 24.8 Å². The average Bonchev–Trinajstić information content (AvgIpc) is 3.93. The summed E-state index contributed by atoms with van der Waals surface area (Å²) in [4.78, 5) is 28.0. The van der Waals surface area contributed by atoms with Crippen LogP contribution in [-0.2, 0) is 0 Å². The summed E-state index contributed by atoms with van der Waals surface area (Å²) in [7, 11) is 0. The molecule has 2 fully saturated rings. The Morgan fingerprint density at radius 1 is 0.796 bits per heavy atom. The topological polar surface area (TPSA) is 254 Å². The molecule has 0 unspecified atom stereocenters. The third-order valence-corrected chi connectivity index (χ3v) is 9.07. The van der Waals surface area contributed by atoms with Gasteiger partial charge in [-0.15, -0.1) is 0 Å². The first-order valence-electron chi connectivity index (χ1n) is 17.4. The molecule has 18 heteroatoms. The highest BCUT2D eigenvalue weighted by molar-refractivity contribution is 5.67. The maximum Gasteiger partial charge on any atom is 0.326 e. The number of rotatable bonds is 12. The largest absolute Gasteiger partial charge is 0.488 e. The fourth-order valence-electron chi connectivity index (χ4n) is 6.33. The van der Waals surface area contributed by atoms with Gasteiger partial charge in [0.15, 0.2) is 17.2 Å². The van der Waals surface area contributed by atoms with Crippen molar-refractivity contribution < 1.29 is 14.3 Å². The zero-order valence-electron chi connectivity index (χ0n) is 29.1. The molecule has 0 amide bonds. The van der Waals surface area contributed by atoms with Gasteiger partial charge in [0.2, 0.25) is 5.82 Å². The molecule has 6 heterocycles. The number of nitriles is 2. The molecule has 8 rings (SSSR count). The lowest BCUT2D eigenvalue weighted by Crippen LogP contribution is -2.52. The van der Waals surface area contributed by atoms with E-state index in [0.717, 1.165) is 37.1 Å². The predicted octanol–water partition coefficient (Wildman–Crippen LogP) is 3.68. The molecule has 7 N–H and O–H groups in total. The van der Waals surface area contributed by atoms with Crippen molar-refractivity contribution >= 4 is 23.3 Å². The number of nitrogens with zero attached hydrogens (tertiary/aromatic N) is 10. The number of aromatic amines is 2. The molecule has 0 spiro atoms. The average molecular weight is 724 g/mol. The molecule has 54 heavy (non-hydrogen) atoms. The van der Waals surface area contributed by atoms with Gasteiger partial charge in [0.05, 0.1) is 42.6 Å². The fourth-order valence-corrected chi connectivity index (χ4v) is 6.33. The van der Waals surface area contributed by atoms with E-state index in [4.69, 9.17) is 25.5 Å². The van der Waals surface area contributed by atoms with Gasteiger partial charge in [0.25, 0.3) is 0 Å². The molecular formula is C36H35N16O2+. The minimum absolute atomic E-state index is 0.0355. The monoisotopic (exact) mass is 723 g/mol. The van der Waals surface area contributed by atoms with Gasteiger partial charge >= 0.3 is 5.82 Å². The summed E-state index contributed by atoms with van der Waals surface area (Å²) >= 11 is 0. The van der Waals surface area contributed by atoms with Crippen molar-refractivity contribution in [1.29, 1.82) is 10.5 Å². The molecule has 18 nitrogen and oxygen atoms in total. The summed E-state index contributed by atoms with van der Waals surface area (Å²) in [5.41, 5.74) is 13.6. The van der Waals surface area contributed by atoms with Crippen LogP contribution >= 0.6 is 0 Å². The normalized spacial score (nSPS) is 18.9. The molecule has 2 atom stereocenters. The van der Waals surface area contributed by atoms with E-state index < -0.39 is 0 Å². The van der Waals surface area contributed by atoms with Crippen LogP contribution in [-0.4, -0.2) is 69.5 Å². The molecule has 270 valence electrons. The summed E-state index contributed by atoms with van der Waals surface area (Å²) in [5, 5.41) is 35.4. The molecule has 2 saturated carbocycles. The Balaban J connectivity index is 0.989. The molecule has 0 aromatic carbocycles. The van der Waals surface area contributed by atoms with Crippen LogP contribution in [0.1, 0.15) is 49.2 Å². The van der Waals surface area contributed by atoms with Crippen LogP contribution in [0, 0.1) is 29.6 Å². The summed E-state index contributed by atoms with van der Waals surface area (Å²) < 4.78 is 12.9. The van der Waals surface area contributed by atoms with Crippen LogP contribution in [0.3, 0.4) is 0 Å². The van der Waals surface area contributed by atoms with Crippen molar-refractivity contribution in [2.45, 2.75) is 63.3 Å². The number of aromatic nitrogens is 10. The maximum atomic E-state index is 9.20. The molecule has 6 aromatic heterocycles. The van der Waals surface area contributed by atoms with Gasteiger partial charge in [0.1, 0.15) is 58.7 Å². The number of ether oxygens (including phenoxy) is 2. The smallest absolute Gasteiger partial charge is 0.326 e. The molecule has 0 aliphatic heterocycles. The zero-order valence-corrected chi connectivity index (χ0v) is 29.1. The second kappa shape index (κ2) is 14.8. The summed E-state index contributed by atoms with van der Waals surface area (Å²) in [6.07, 6.45) is 11.4. The minimum Gasteiger partial charge on any atom is -0.488 e. The third-order valence-electron chi connectivity index (χ3n) is 9.07. The van der Waals surface area contributed by atoms with Crippen LogP contribution in [0.4, 0.5) is 23.3 Å². The van der Waals surface area contributed by atoms with Crippen LogP contribution in [0.25, 0.3) is 22.8 Å². The van der Waals surface area contributed by atoms with Crippen molar-refractivity contribution in [3.63, 3.8) is 0 Å². The zero-order chi connectivity index (χ0) is 37.0. The van der Waals surface area contributed by atoms with Crippen molar-refractivity contribution in [3.05, 3.63) is 84.5 Å². The van der Waals surface area contributed by atoms with Crippen LogP contribution in [0.2, 0.25) is 0 Å². The second-order valence-electron chi connectivity index (χ2n) is 13.1. The third kappa shape index (κ3) is 7.54. The molecule has 6 aromatic rings. The number of hydrogen-bond acceptors (Lipinski definition) is 15. The first kappa shape index (κ1) is 33.9. The number of anilines is 4. The van der Waals surface area contributed by atoms with E-state index in [1.54, 1.807) is 12.3 Å². The van der Waals surface area contributed by atoms with E-state index in [2.05, 4.69) is 56.3 Å². The lowest BCUT2D eigenvalue weighted by Gasteiger charge is -2.32. The number of aryl methyl sites for hydroxylation is 1. The van der Waals surface area contributed by atoms with Crippen LogP contribution in [0.5, 0.6) is 11.5 Å². The first-order valence-corrected chi connectivity index (χ1v) is 17.4. The van der Waals surface area contributed by atoms with Gasteiger partial charge in [-0.2, -0.15) is 15.6 Å². The molecule has 2 aliphatic carbocycles. The highest BCUT2D eigenvalue weighted by Gasteiger charge is 2.32. The summed E-state index contributed by atoms with van der Waals surface area (Å²) in [6.45, 7) is 1.94. The van der Waals surface area contributed by atoms with Gasteiger partial charge in [-0.3, -0.25) is 10.1 Å². The van der Waals surface area contributed by atoms with Gasteiger partial charge in [-0.1, -0.05) is 4.79 Å². The van der Waals surface area contributed by atoms with E-state index in [9.17, 15) is 5.26 Å². The standard InChI is InChI=1S/C36H34N16O2/c1-20-4-7-30(54-26-9-21(39)10-26)36(45-20)28-13-34(47-33-19-42-24(15-38)17-44-33)52(51-28)50-22-5-6-25(11-22)53-29-3-2-8-40-35(29)27-12-31(49-48-27)46-32-18-41-23(14-37)16-43-32/h2-4,7-8,12-13,16-19,21-22,25-26,50H,5-6,9-11,39H2,1H3,(H3,40,41,42,43,44,45,46,47,48,49,51)/p+1/t21-,22-,25+,26-/m0/s1. The summed E-state index contributed by atoms with van der Waals surface area (Å²) in [6, 6.07) is 15.5. The van der Waals surface area contributed by atoms with E-state index in [1.807, 2.05) is 54.2 Å². The van der Waals surface area contributed by atoms with E-state index >= 15 is 0 Å². The number of pyridine rings is 2. The predicted molar refractivity (Wildman–Crippen MR) is 194 cm³/mol. The van der Waals surface area contributed by atoms with Crippen LogP contribution < -0.4 is 36.1 Å². The highest BCUT2D eigenvalue weighted by Crippen LogP contribution is 2.34. The van der Waals surface area contributed by atoms with Crippen molar-refractivity contribution in [2.75, 3.05) is 16.1 Å². The quantitative estimate of drug-likeness (QED) is 0.0985. The number of nitrogens with one attached hydrogen (secondary N) is 5. The Morgan fingerprint density at radius 3 is 2.26 bits per heavy atom. The molecular weight excluding hydrogens is 689 g/mol. The molecule has 0 bridgehead atoms. The second-order valence-corrected chi connectivity index (χ2v) is 13.1. The lowest BCUT2D eigenvalue weighted by molar-refractivity contribution is -0.695. The first-order chi connectivity index (χ1) is 26.4. The SMILES string of the molecule is Cc1ccc(O[C@H]2C[C@H](N)C2)c(-c2cc(Nc3cnc(C#N)cn3)[n+](N[C@H]3CC[C@@H](Oc4cccnc4-c4cc(Nc5cnc(C#N)cn5)n[nH]4)C3)[nH]2)n1. The number of hydrogen-bond donors (Lipinski definition) is 6. The minimum atomic E-state index is -0.0944. The Labute approximate surface area is 308 Å². The fraction of sp³-hybridized carbons (Fsp3) is 0.278. The molecule has 2 aliphatic rings. The maximum absolute atomic E-state index is 9.20. The number of H-pyrrole nitrogens is 2. The number of nitrogens with two attached hydrogens (primary N) is 1. The Bertz CT molecular complexity index is 2340. The van der Waals surface area contributed by atoms with Gasteiger partial charge in [-0.25, -0.2) is 40.8 Å². The van der Waals surface area contributed by atoms with Gasteiger partial charge < -0.3 is 20.5 Å². The molecule has 0 radical (unpaired) electrons. The Hall–Kier alpha value is -7.18. The van der Waals surface area contributed by atoms with Crippen molar-refractivity contribution in [3.8, 4) is 46.4 Å². The summed E-state index contributed by atoms with van der Waals surface area (Å²) in [5.74, 6) is 3.37. The van der Waals surface area contributed by atoms with Crippen molar-refractivity contribution in [2.24, 2.45) is 5.73 Å². The Morgan fingerprint density at radius 2 is 1.54 bits per heavy atom. The highest BCUT2D eigenvalue weighted by atomic mass is 16.5. The van der Waals surface area contributed by atoms with Crippen molar-refractivity contribution in [1.82, 2.24) is 45.2 Å².